The highest BCUT2D eigenvalue weighted by Gasteiger charge is 2.27. The van der Waals surface area contributed by atoms with Crippen LogP contribution in [0.2, 0.25) is 0 Å². The highest BCUT2D eigenvalue weighted by atomic mass is 16.6. The van der Waals surface area contributed by atoms with Crippen LogP contribution in [-0.2, 0) is 16.0 Å². The fourth-order valence-electron chi connectivity index (χ4n) is 1.87. The number of aromatic nitrogens is 2. The standard InChI is InChI=1S/C10H13N3O5/c1-17-10(14)9-8(13(15)16)5-12(11-9)4-7-2-3-18-6-7/h5,7H,2-4,6H2,1H3. The maximum absolute atomic E-state index is 11.4. The van der Waals surface area contributed by atoms with Gasteiger partial charge in [0.05, 0.1) is 18.6 Å². The van der Waals surface area contributed by atoms with Gasteiger partial charge in [0, 0.05) is 19.1 Å². The molecule has 0 radical (unpaired) electrons. The summed E-state index contributed by atoms with van der Waals surface area (Å²) in [5.74, 6) is -0.530. The third-order valence-corrected chi connectivity index (χ3v) is 2.79. The average molecular weight is 255 g/mol. The summed E-state index contributed by atoms with van der Waals surface area (Å²) in [4.78, 5) is 21.5. The van der Waals surface area contributed by atoms with E-state index in [9.17, 15) is 14.9 Å². The van der Waals surface area contributed by atoms with Gasteiger partial charge < -0.3 is 9.47 Å². The maximum Gasteiger partial charge on any atom is 0.365 e. The van der Waals surface area contributed by atoms with Crippen LogP contribution in [0.5, 0.6) is 0 Å². The lowest BCUT2D eigenvalue weighted by Crippen LogP contribution is -2.12. The Balaban J connectivity index is 2.21. The number of carbonyl (C=O) groups excluding carboxylic acids is 1. The van der Waals surface area contributed by atoms with Crippen LogP contribution in [0.15, 0.2) is 6.20 Å². The van der Waals surface area contributed by atoms with E-state index in [0.717, 1.165) is 13.5 Å². The first kappa shape index (κ1) is 12.5. The molecular formula is C10H13N3O5. The summed E-state index contributed by atoms with van der Waals surface area (Å²) in [5, 5.41) is 14.7. The Hall–Kier alpha value is -1.96. The molecule has 1 aliphatic rings. The van der Waals surface area contributed by atoms with E-state index >= 15 is 0 Å². The zero-order chi connectivity index (χ0) is 13.1. The number of hydrogen-bond acceptors (Lipinski definition) is 6. The molecule has 2 rings (SSSR count). The fraction of sp³-hybridized carbons (Fsp3) is 0.600. The quantitative estimate of drug-likeness (QED) is 0.444. The summed E-state index contributed by atoms with van der Waals surface area (Å²) in [7, 11) is 1.16. The van der Waals surface area contributed by atoms with Gasteiger partial charge in [0.25, 0.3) is 0 Å². The van der Waals surface area contributed by atoms with Gasteiger partial charge in [0.15, 0.2) is 0 Å². The van der Waals surface area contributed by atoms with E-state index in [1.165, 1.54) is 10.9 Å². The molecule has 0 aliphatic carbocycles. The minimum Gasteiger partial charge on any atom is -0.464 e. The van der Waals surface area contributed by atoms with Gasteiger partial charge in [-0.1, -0.05) is 0 Å². The van der Waals surface area contributed by atoms with Crippen molar-refractivity contribution in [2.45, 2.75) is 13.0 Å². The van der Waals surface area contributed by atoms with Crippen LogP contribution in [0.25, 0.3) is 0 Å². The van der Waals surface area contributed by atoms with Crippen molar-refractivity contribution in [2.75, 3.05) is 20.3 Å². The van der Waals surface area contributed by atoms with E-state index < -0.39 is 10.9 Å². The zero-order valence-corrected chi connectivity index (χ0v) is 9.87. The molecule has 18 heavy (non-hydrogen) atoms. The molecule has 1 aromatic rings. The molecule has 0 N–H and O–H groups in total. The second-order valence-corrected chi connectivity index (χ2v) is 4.06. The third kappa shape index (κ3) is 2.48. The molecule has 1 fully saturated rings. The highest BCUT2D eigenvalue weighted by Crippen LogP contribution is 2.20. The summed E-state index contributed by atoms with van der Waals surface area (Å²) >= 11 is 0. The normalized spacial score (nSPS) is 18.8. The molecular weight excluding hydrogens is 242 g/mol. The SMILES string of the molecule is COC(=O)c1nn(CC2CCOC2)cc1[N+](=O)[O-]. The van der Waals surface area contributed by atoms with Crippen LogP contribution >= 0.6 is 0 Å². The average Bonchev–Trinajstić information content (AvgIpc) is 2.97. The van der Waals surface area contributed by atoms with Crippen LogP contribution < -0.4 is 0 Å². The number of nitrogens with zero attached hydrogens (tertiary/aromatic N) is 3. The number of esters is 1. The molecule has 1 unspecified atom stereocenters. The van der Waals surface area contributed by atoms with E-state index in [4.69, 9.17) is 4.74 Å². The Bertz CT molecular complexity index is 464. The van der Waals surface area contributed by atoms with Crippen molar-refractivity contribution in [1.82, 2.24) is 9.78 Å². The lowest BCUT2D eigenvalue weighted by atomic mass is 10.1. The number of ether oxygens (including phenoxy) is 2. The molecule has 0 aromatic carbocycles. The van der Waals surface area contributed by atoms with E-state index in [0.29, 0.717) is 19.8 Å². The van der Waals surface area contributed by atoms with Crippen molar-refractivity contribution in [1.29, 1.82) is 0 Å². The van der Waals surface area contributed by atoms with Crippen molar-refractivity contribution < 1.29 is 19.2 Å². The third-order valence-electron chi connectivity index (χ3n) is 2.79. The van der Waals surface area contributed by atoms with Gasteiger partial charge in [-0.25, -0.2) is 4.79 Å². The van der Waals surface area contributed by atoms with Crippen molar-refractivity contribution in [3.63, 3.8) is 0 Å². The molecule has 0 saturated carbocycles. The maximum atomic E-state index is 11.4. The van der Waals surface area contributed by atoms with Gasteiger partial charge in [0.2, 0.25) is 5.69 Å². The summed E-state index contributed by atoms with van der Waals surface area (Å²) in [6.07, 6.45) is 2.14. The molecule has 98 valence electrons. The van der Waals surface area contributed by atoms with Crippen LogP contribution in [0, 0.1) is 16.0 Å². The van der Waals surface area contributed by atoms with Crippen molar-refractivity contribution in [3.8, 4) is 0 Å². The Morgan fingerprint density at radius 2 is 2.56 bits per heavy atom. The fourth-order valence-corrected chi connectivity index (χ4v) is 1.87. The molecule has 1 aliphatic heterocycles. The first-order valence-electron chi connectivity index (χ1n) is 5.49. The number of rotatable bonds is 4. The van der Waals surface area contributed by atoms with Gasteiger partial charge in [-0.2, -0.15) is 5.10 Å². The van der Waals surface area contributed by atoms with E-state index in [1.807, 2.05) is 0 Å². The monoisotopic (exact) mass is 255 g/mol. The molecule has 2 heterocycles. The van der Waals surface area contributed by atoms with Crippen molar-refractivity contribution in [3.05, 3.63) is 22.0 Å². The van der Waals surface area contributed by atoms with E-state index in [1.54, 1.807) is 0 Å². The minimum atomic E-state index is -0.803. The second-order valence-electron chi connectivity index (χ2n) is 4.06. The molecule has 0 spiro atoms. The second kappa shape index (κ2) is 5.13. The first-order chi connectivity index (χ1) is 8.61. The Morgan fingerprint density at radius 1 is 1.78 bits per heavy atom. The van der Waals surface area contributed by atoms with Crippen molar-refractivity contribution >= 4 is 11.7 Å². The first-order valence-corrected chi connectivity index (χ1v) is 5.49. The Labute approximate surface area is 103 Å². The van der Waals surface area contributed by atoms with Gasteiger partial charge in [-0.3, -0.25) is 14.8 Å². The molecule has 1 aromatic heterocycles. The lowest BCUT2D eigenvalue weighted by Gasteiger charge is -2.05. The molecule has 0 bridgehead atoms. The smallest absolute Gasteiger partial charge is 0.365 e. The summed E-state index contributed by atoms with van der Waals surface area (Å²) in [5.41, 5.74) is -0.595. The summed E-state index contributed by atoms with van der Waals surface area (Å²) < 4.78 is 11.1. The van der Waals surface area contributed by atoms with Gasteiger partial charge >= 0.3 is 11.7 Å². The predicted molar refractivity (Wildman–Crippen MR) is 59.1 cm³/mol. The number of nitro groups is 1. The number of hydrogen-bond donors (Lipinski definition) is 0. The Kier molecular flexibility index (Phi) is 3.56. The predicted octanol–water partition coefficient (Wildman–Crippen LogP) is 0.614. The van der Waals surface area contributed by atoms with Crippen LogP contribution in [-0.4, -0.2) is 41.0 Å². The molecule has 8 heteroatoms. The van der Waals surface area contributed by atoms with E-state index in [2.05, 4.69) is 9.84 Å². The topological polar surface area (TPSA) is 96.5 Å². The van der Waals surface area contributed by atoms with Crippen LogP contribution in [0.4, 0.5) is 5.69 Å². The molecule has 1 saturated heterocycles. The summed E-state index contributed by atoms with van der Waals surface area (Å²) in [6, 6.07) is 0. The van der Waals surface area contributed by atoms with Gasteiger partial charge in [-0.15, -0.1) is 0 Å². The van der Waals surface area contributed by atoms with Crippen LogP contribution in [0.1, 0.15) is 16.9 Å². The molecule has 0 amide bonds. The number of methoxy groups -OCH3 is 1. The number of carbonyl (C=O) groups is 1. The minimum absolute atomic E-state index is 0.263. The summed E-state index contributed by atoms with van der Waals surface area (Å²) in [6.45, 7) is 1.80. The largest absolute Gasteiger partial charge is 0.464 e. The highest BCUT2D eigenvalue weighted by molar-refractivity contribution is 5.91. The zero-order valence-electron chi connectivity index (χ0n) is 9.87. The van der Waals surface area contributed by atoms with Crippen molar-refractivity contribution in [2.24, 2.45) is 5.92 Å². The van der Waals surface area contributed by atoms with Crippen LogP contribution in [0.3, 0.4) is 0 Å². The molecule has 1 atom stereocenters. The molecule has 8 nitrogen and oxygen atoms in total. The van der Waals surface area contributed by atoms with Gasteiger partial charge in [-0.05, 0) is 6.42 Å². The Morgan fingerprint density at radius 3 is 3.11 bits per heavy atom. The van der Waals surface area contributed by atoms with Gasteiger partial charge in [0.1, 0.15) is 6.20 Å². The van der Waals surface area contributed by atoms with E-state index in [-0.39, 0.29) is 17.3 Å². The lowest BCUT2D eigenvalue weighted by molar-refractivity contribution is -0.385.